The molecule has 1 aromatic carbocycles. The van der Waals surface area contributed by atoms with Gasteiger partial charge in [-0.25, -0.2) is 8.42 Å². The molecule has 0 bridgehead atoms. The second kappa shape index (κ2) is 5.38. The van der Waals surface area contributed by atoms with E-state index in [-0.39, 0.29) is 23.0 Å². The quantitative estimate of drug-likeness (QED) is 0.871. The highest BCUT2D eigenvalue weighted by atomic mass is 32.2. The van der Waals surface area contributed by atoms with Gasteiger partial charge in [0.05, 0.1) is 5.69 Å². The van der Waals surface area contributed by atoms with E-state index in [1.54, 1.807) is 32.2 Å². The first-order valence-corrected chi connectivity index (χ1v) is 7.71. The van der Waals surface area contributed by atoms with Gasteiger partial charge < -0.3 is 10.8 Å². The molecule has 0 saturated carbocycles. The molecule has 2 rings (SSSR count). The standard InChI is InChI=1S/C13H18N4O3S/c1-9-12(13(14)15-17(9)3)21(19,20)16(2)8-10-6-4-5-7-11(10)18/h4-7,18H,8H2,1-3H3,(H2,14,15). The molecule has 3 N–H and O–H groups in total. The number of hydrogen-bond donors (Lipinski definition) is 2. The van der Waals surface area contributed by atoms with Crippen LogP contribution in [0.25, 0.3) is 0 Å². The van der Waals surface area contributed by atoms with Crippen molar-refractivity contribution in [3.63, 3.8) is 0 Å². The predicted octanol–water partition coefficient (Wildman–Crippen LogP) is 0.837. The van der Waals surface area contributed by atoms with Gasteiger partial charge in [-0.15, -0.1) is 0 Å². The van der Waals surface area contributed by atoms with Crippen molar-refractivity contribution in [2.75, 3.05) is 12.8 Å². The Morgan fingerprint density at radius 1 is 1.38 bits per heavy atom. The van der Waals surface area contributed by atoms with Crippen LogP contribution < -0.4 is 5.73 Å². The number of phenolic OH excluding ortho intramolecular Hbond substituents is 1. The first-order valence-electron chi connectivity index (χ1n) is 6.27. The summed E-state index contributed by atoms with van der Waals surface area (Å²) in [5, 5.41) is 13.7. The first kappa shape index (κ1) is 15.3. The van der Waals surface area contributed by atoms with Gasteiger partial charge in [-0.3, -0.25) is 4.68 Å². The van der Waals surface area contributed by atoms with Crippen LogP contribution in [0.5, 0.6) is 5.75 Å². The maximum absolute atomic E-state index is 12.6. The summed E-state index contributed by atoms with van der Waals surface area (Å²) >= 11 is 0. The predicted molar refractivity (Wildman–Crippen MR) is 79.1 cm³/mol. The third-order valence-corrected chi connectivity index (χ3v) is 5.33. The van der Waals surface area contributed by atoms with Gasteiger partial charge in [-0.1, -0.05) is 18.2 Å². The summed E-state index contributed by atoms with van der Waals surface area (Å²) in [5.74, 6) is 0.0227. The highest BCUT2D eigenvalue weighted by molar-refractivity contribution is 7.89. The van der Waals surface area contributed by atoms with Gasteiger partial charge in [0.15, 0.2) is 5.82 Å². The van der Waals surface area contributed by atoms with E-state index >= 15 is 0 Å². The molecule has 0 aliphatic carbocycles. The highest BCUT2D eigenvalue weighted by Crippen LogP contribution is 2.26. The lowest BCUT2D eigenvalue weighted by Gasteiger charge is -2.18. The molecule has 0 fully saturated rings. The summed E-state index contributed by atoms with van der Waals surface area (Å²) in [4.78, 5) is 0.00270. The fourth-order valence-corrected chi connectivity index (χ4v) is 3.49. The normalized spacial score (nSPS) is 12.0. The maximum atomic E-state index is 12.6. The van der Waals surface area contributed by atoms with Gasteiger partial charge in [0.2, 0.25) is 10.0 Å². The third kappa shape index (κ3) is 2.72. The summed E-state index contributed by atoms with van der Waals surface area (Å²) in [6.45, 7) is 1.69. The molecule has 0 spiro atoms. The van der Waals surface area contributed by atoms with Gasteiger partial charge in [0, 0.05) is 26.2 Å². The maximum Gasteiger partial charge on any atom is 0.248 e. The molecule has 0 atom stereocenters. The van der Waals surface area contributed by atoms with E-state index in [2.05, 4.69) is 5.10 Å². The monoisotopic (exact) mass is 310 g/mol. The fraction of sp³-hybridized carbons (Fsp3) is 0.308. The van der Waals surface area contributed by atoms with Gasteiger partial charge in [-0.2, -0.15) is 9.40 Å². The Morgan fingerprint density at radius 3 is 2.52 bits per heavy atom. The molecule has 0 saturated heterocycles. The number of nitrogens with zero attached hydrogens (tertiary/aromatic N) is 3. The molecular weight excluding hydrogens is 292 g/mol. The van der Waals surface area contributed by atoms with E-state index in [1.807, 2.05) is 0 Å². The van der Waals surface area contributed by atoms with Crippen LogP contribution in [0.3, 0.4) is 0 Å². The molecule has 1 aromatic heterocycles. The molecule has 8 heteroatoms. The van der Waals surface area contributed by atoms with Gasteiger partial charge in [-0.05, 0) is 13.0 Å². The highest BCUT2D eigenvalue weighted by Gasteiger charge is 2.29. The number of sulfonamides is 1. The Labute approximate surface area is 123 Å². The number of para-hydroxylation sites is 1. The lowest BCUT2D eigenvalue weighted by molar-refractivity contribution is 0.435. The van der Waals surface area contributed by atoms with Crippen LogP contribution in [0.1, 0.15) is 11.3 Å². The topological polar surface area (TPSA) is 101 Å². The molecular formula is C13H18N4O3S. The number of anilines is 1. The van der Waals surface area contributed by atoms with Crippen molar-refractivity contribution in [3.8, 4) is 5.75 Å². The summed E-state index contributed by atoms with van der Waals surface area (Å²) in [6.07, 6.45) is 0. The van der Waals surface area contributed by atoms with Crippen LogP contribution in [-0.4, -0.2) is 34.7 Å². The number of hydrogen-bond acceptors (Lipinski definition) is 5. The second-order valence-corrected chi connectivity index (χ2v) is 6.79. The van der Waals surface area contributed by atoms with E-state index < -0.39 is 10.0 Å². The average Bonchev–Trinajstić information content (AvgIpc) is 2.66. The smallest absolute Gasteiger partial charge is 0.248 e. The van der Waals surface area contributed by atoms with Crippen molar-refractivity contribution in [3.05, 3.63) is 35.5 Å². The van der Waals surface area contributed by atoms with Crippen LogP contribution in [0.2, 0.25) is 0 Å². The molecule has 0 amide bonds. The minimum atomic E-state index is -3.78. The average molecular weight is 310 g/mol. The Morgan fingerprint density at radius 2 is 2.00 bits per heavy atom. The molecule has 0 aliphatic heterocycles. The molecule has 114 valence electrons. The second-order valence-electron chi connectivity index (χ2n) is 4.81. The zero-order valence-electron chi connectivity index (χ0n) is 12.1. The summed E-state index contributed by atoms with van der Waals surface area (Å²) in [7, 11) is -0.710. The SMILES string of the molecule is Cc1c(S(=O)(=O)N(C)Cc2ccccc2O)c(N)nn1C. The van der Waals surface area contributed by atoms with Crippen molar-refractivity contribution < 1.29 is 13.5 Å². The van der Waals surface area contributed by atoms with Crippen LogP contribution in [0.15, 0.2) is 29.2 Å². The summed E-state index contributed by atoms with van der Waals surface area (Å²) in [6, 6.07) is 6.59. The number of aromatic nitrogens is 2. The zero-order chi connectivity index (χ0) is 15.8. The van der Waals surface area contributed by atoms with Crippen molar-refractivity contribution in [1.82, 2.24) is 14.1 Å². The van der Waals surface area contributed by atoms with E-state index in [0.29, 0.717) is 11.3 Å². The molecule has 2 aromatic rings. The molecule has 7 nitrogen and oxygen atoms in total. The number of nitrogen functional groups attached to an aromatic ring is 1. The van der Waals surface area contributed by atoms with Gasteiger partial charge in [0.1, 0.15) is 10.6 Å². The largest absolute Gasteiger partial charge is 0.508 e. The Hall–Kier alpha value is -2.06. The lowest BCUT2D eigenvalue weighted by atomic mass is 10.2. The summed E-state index contributed by atoms with van der Waals surface area (Å²) in [5.41, 5.74) is 6.69. The van der Waals surface area contributed by atoms with Crippen LogP contribution in [-0.2, 0) is 23.6 Å². The van der Waals surface area contributed by atoms with E-state index in [4.69, 9.17) is 5.73 Å². The number of nitrogens with two attached hydrogens (primary N) is 1. The Balaban J connectivity index is 2.38. The first-order chi connectivity index (χ1) is 9.75. The van der Waals surface area contributed by atoms with Crippen molar-refractivity contribution in [2.24, 2.45) is 7.05 Å². The van der Waals surface area contributed by atoms with Crippen LogP contribution >= 0.6 is 0 Å². The molecule has 1 heterocycles. The van der Waals surface area contributed by atoms with Crippen LogP contribution in [0, 0.1) is 6.92 Å². The fourth-order valence-electron chi connectivity index (χ4n) is 2.06. The summed E-state index contributed by atoms with van der Waals surface area (Å²) < 4.78 is 27.8. The minimum absolute atomic E-state index is 0.00270. The molecule has 0 aliphatic rings. The molecule has 21 heavy (non-hydrogen) atoms. The van der Waals surface area contributed by atoms with Gasteiger partial charge in [0.25, 0.3) is 0 Å². The third-order valence-electron chi connectivity index (χ3n) is 3.36. The number of rotatable bonds is 4. The Kier molecular flexibility index (Phi) is 3.93. The number of benzene rings is 1. The zero-order valence-corrected chi connectivity index (χ0v) is 12.9. The van der Waals surface area contributed by atoms with Crippen molar-refractivity contribution in [1.29, 1.82) is 0 Å². The van der Waals surface area contributed by atoms with Gasteiger partial charge >= 0.3 is 0 Å². The Bertz CT molecular complexity index is 768. The minimum Gasteiger partial charge on any atom is -0.508 e. The number of phenols is 1. The van der Waals surface area contributed by atoms with E-state index in [9.17, 15) is 13.5 Å². The number of aryl methyl sites for hydroxylation is 1. The molecule has 0 radical (unpaired) electrons. The van der Waals surface area contributed by atoms with Crippen molar-refractivity contribution >= 4 is 15.8 Å². The lowest BCUT2D eigenvalue weighted by Crippen LogP contribution is -2.27. The molecule has 0 unspecified atom stereocenters. The van der Waals surface area contributed by atoms with E-state index in [1.165, 1.54) is 17.8 Å². The van der Waals surface area contributed by atoms with Crippen LogP contribution in [0.4, 0.5) is 5.82 Å². The van der Waals surface area contributed by atoms with Crippen molar-refractivity contribution in [2.45, 2.75) is 18.4 Å². The van der Waals surface area contributed by atoms with E-state index in [0.717, 1.165) is 4.31 Å². The number of aromatic hydroxyl groups is 1.